The highest BCUT2D eigenvalue weighted by atomic mass is 35.5. The molecule has 0 radical (unpaired) electrons. The van der Waals surface area contributed by atoms with Gasteiger partial charge in [-0.15, -0.1) is 0 Å². The topological polar surface area (TPSA) is 39.8 Å². The first-order valence-electron chi connectivity index (χ1n) is 9.62. The Bertz CT molecular complexity index is 589. The lowest BCUT2D eigenvalue weighted by atomic mass is 10.1. The van der Waals surface area contributed by atoms with Gasteiger partial charge in [0.2, 0.25) is 0 Å². The number of ether oxygens (including phenoxy) is 1. The standard InChI is InChI=1S/C19H29ClN4OS/c20-16-5-6-18(24-9-2-1-3-10-24)17(15-16)22-19(26)21-7-4-8-23-11-13-25-14-12-23/h5-6,15H,1-4,7-14H2,(H2,21,22,26). The van der Waals surface area contributed by atoms with Gasteiger partial charge in [-0.3, -0.25) is 4.90 Å². The van der Waals surface area contributed by atoms with Gasteiger partial charge in [0.05, 0.1) is 24.6 Å². The van der Waals surface area contributed by atoms with Crippen molar-refractivity contribution in [1.82, 2.24) is 10.2 Å². The van der Waals surface area contributed by atoms with Crippen LogP contribution in [0.2, 0.25) is 5.02 Å². The van der Waals surface area contributed by atoms with Gasteiger partial charge >= 0.3 is 0 Å². The molecular weight excluding hydrogens is 368 g/mol. The van der Waals surface area contributed by atoms with Crippen LogP contribution in [-0.2, 0) is 4.74 Å². The number of thiocarbonyl (C=S) groups is 1. The zero-order valence-corrected chi connectivity index (χ0v) is 16.9. The maximum absolute atomic E-state index is 6.21. The second kappa shape index (κ2) is 10.3. The molecule has 2 heterocycles. The van der Waals surface area contributed by atoms with E-state index < -0.39 is 0 Å². The average molecular weight is 397 g/mol. The van der Waals surface area contributed by atoms with Crippen molar-refractivity contribution < 1.29 is 4.74 Å². The van der Waals surface area contributed by atoms with Crippen molar-refractivity contribution in [2.45, 2.75) is 25.7 Å². The summed E-state index contributed by atoms with van der Waals surface area (Å²) in [5.41, 5.74) is 2.18. The van der Waals surface area contributed by atoms with E-state index in [0.717, 1.165) is 69.6 Å². The largest absolute Gasteiger partial charge is 0.379 e. The molecule has 3 rings (SSSR count). The molecule has 26 heavy (non-hydrogen) atoms. The Balaban J connectivity index is 1.47. The van der Waals surface area contributed by atoms with E-state index in [2.05, 4.69) is 26.5 Å². The number of nitrogens with one attached hydrogen (secondary N) is 2. The lowest BCUT2D eigenvalue weighted by Crippen LogP contribution is -2.38. The summed E-state index contributed by atoms with van der Waals surface area (Å²) in [6, 6.07) is 6.01. The number of nitrogens with zero attached hydrogens (tertiary/aromatic N) is 2. The predicted octanol–water partition coefficient (Wildman–Crippen LogP) is 3.34. The normalized spacial score (nSPS) is 18.6. The minimum absolute atomic E-state index is 0.660. The van der Waals surface area contributed by atoms with Crippen LogP contribution in [0.5, 0.6) is 0 Å². The molecule has 1 aromatic carbocycles. The monoisotopic (exact) mass is 396 g/mol. The molecule has 0 atom stereocenters. The summed E-state index contributed by atoms with van der Waals surface area (Å²) in [5.74, 6) is 0. The van der Waals surface area contributed by atoms with Gasteiger partial charge in [-0.25, -0.2) is 0 Å². The van der Waals surface area contributed by atoms with Crippen molar-refractivity contribution in [3.8, 4) is 0 Å². The van der Waals surface area contributed by atoms with Crippen molar-refractivity contribution >= 4 is 40.3 Å². The van der Waals surface area contributed by atoms with Crippen LogP contribution in [0.1, 0.15) is 25.7 Å². The molecule has 1 aromatic rings. The number of morpholine rings is 1. The van der Waals surface area contributed by atoms with Crippen LogP contribution < -0.4 is 15.5 Å². The Morgan fingerprint density at radius 3 is 2.65 bits per heavy atom. The van der Waals surface area contributed by atoms with Crippen LogP contribution in [0, 0.1) is 0 Å². The Hall–Kier alpha value is -1.08. The van der Waals surface area contributed by atoms with Gasteiger partial charge in [0.1, 0.15) is 0 Å². The first kappa shape index (κ1) is 19.7. The van der Waals surface area contributed by atoms with Gasteiger partial charge in [-0.05, 0) is 62.6 Å². The highest BCUT2D eigenvalue weighted by Gasteiger charge is 2.15. The second-order valence-electron chi connectivity index (χ2n) is 6.90. The van der Waals surface area contributed by atoms with Crippen LogP contribution in [-0.4, -0.2) is 62.5 Å². The van der Waals surface area contributed by atoms with Crippen LogP contribution >= 0.6 is 23.8 Å². The molecular formula is C19H29ClN4OS. The van der Waals surface area contributed by atoms with Crippen molar-refractivity contribution in [1.29, 1.82) is 0 Å². The maximum Gasteiger partial charge on any atom is 0.170 e. The average Bonchev–Trinajstić information content (AvgIpc) is 2.67. The minimum Gasteiger partial charge on any atom is -0.379 e. The minimum atomic E-state index is 0.660. The van der Waals surface area contributed by atoms with Gasteiger partial charge in [0.15, 0.2) is 5.11 Å². The van der Waals surface area contributed by atoms with Crippen molar-refractivity contribution in [3.63, 3.8) is 0 Å². The van der Waals surface area contributed by atoms with Crippen LogP contribution in [0.25, 0.3) is 0 Å². The molecule has 0 unspecified atom stereocenters. The molecule has 0 bridgehead atoms. The number of benzene rings is 1. The zero-order valence-electron chi connectivity index (χ0n) is 15.3. The van der Waals surface area contributed by atoms with E-state index >= 15 is 0 Å². The SMILES string of the molecule is S=C(NCCCN1CCOCC1)Nc1cc(Cl)ccc1N1CCCCC1. The van der Waals surface area contributed by atoms with Crippen molar-refractivity contribution in [3.05, 3.63) is 23.2 Å². The number of anilines is 2. The van der Waals surface area contributed by atoms with Crippen LogP contribution in [0.3, 0.4) is 0 Å². The molecule has 0 aliphatic carbocycles. The van der Waals surface area contributed by atoms with E-state index in [0.29, 0.717) is 5.11 Å². The first-order chi connectivity index (χ1) is 12.7. The van der Waals surface area contributed by atoms with Crippen molar-refractivity contribution in [2.24, 2.45) is 0 Å². The lowest BCUT2D eigenvalue weighted by Gasteiger charge is -2.31. The fraction of sp³-hybridized carbons (Fsp3) is 0.632. The van der Waals surface area contributed by atoms with E-state index in [1.165, 1.54) is 24.9 Å². The maximum atomic E-state index is 6.21. The Morgan fingerprint density at radius 1 is 1.12 bits per heavy atom. The molecule has 5 nitrogen and oxygen atoms in total. The van der Waals surface area contributed by atoms with E-state index in [9.17, 15) is 0 Å². The summed E-state index contributed by atoms with van der Waals surface area (Å²) in [4.78, 5) is 4.86. The molecule has 2 saturated heterocycles. The van der Waals surface area contributed by atoms with Crippen molar-refractivity contribution in [2.75, 3.05) is 62.7 Å². The van der Waals surface area contributed by atoms with Gasteiger partial charge in [-0.1, -0.05) is 11.6 Å². The second-order valence-corrected chi connectivity index (χ2v) is 7.74. The Labute approximate surface area is 167 Å². The summed E-state index contributed by atoms with van der Waals surface area (Å²) in [7, 11) is 0. The summed E-state index contributed by atoms with van der Waals surface area (Å²) in [6.07, 6.45) is 4.87. The molecule has 2 fully saturated rings. The van der Waals surface area contributed by atoms with Gasteiger partial charge in [0.25, 0.3) is 0 Å². The summed E-state index contributed by atoms with van der Waals surface area (Å²) in [6.45, 7) is 7.89. The molecule has 0 saturated carbocycles. The Morgan fingerprint density at radius 2 is 1.88 bits per heavy atom. The van der Waals surface area contributed by atoms with E-state index in [-0.39, 0.29) is 0 Å². The molecule has 0 amide bonds. The smallest absolute Gasteiger partial charge is 0.170 e. The summed E-state index contributed by atoms with van der Waals surface area (Å²) < 4.78 is 5.38. The van der Waals surface area contributed by atoms with Gasteiger partial charge in [0, 0.05) is 37.7 Å². The molecule has 7 heteroatoms. The van der Waals surface area contributed by atoms with Gasteiger partial charge in [-0.2, -0.15) is 0 Å². The van der Waals surface area contributed by atoms with E-state index in [1.54, 1.807) is 0 Å². The predicted molar refractivity (Wildman–Crippen MR) is 114 cm³/mol. The third-order valence-corrected chi connectivity index (χ3v) is 5.43. The quantitative estimate of drug-likeness (QED) is 0.567. The van der Waals surface area contributed by atoms with E-state index in [4.69, 9.17) is 28.6 Å². The van der Waals surface area contributed by atoms with Crippen LogP contribution in [0.15, 0.2) is 18.2 Å². The highest BCUT2D eigenvalue weighted by Crippen LogP contribution is 2.31. The number of piperidine rings is 1. The lowest BCUT2D eigenvalue weighted by molar-refractivity contribution is 0.0376. The third kappa shape index (κ3) is 5.98. The molecule has 0 spiro atoms. The Kier molecular flexibility index (Phi) is 7.80. The molecule has 2 aliphatic heterocycles. The molecule has 2 N–H and O–H groups in total. The van der Waals surface area contributed by atoms with Gasteiger partial charge < -0.3 is 20.3 Å². The van der Waals surface area contributed by atoms with E-state index in [1.807, 2.05) is 12.1 Å². The summed E-state index contributed by atoms with van der Waals surface area (Å²) in [5, 5.41) is 8.05. The fourth-order valence-corrected chi connectivity index (χ4v) is 3.90. The molecule has 2 aliphatic rings. The number of rotatable bonds is 6. The highest BCUT2D eigenvalue weighted by molar-refractivity contribution is 7.80. The number of hydrogen-bond acceptors (Lipinski definition) is 4. The molecule has 0 aromatic heterocycles. The van der Waals surface area contributed by atoms with Crippen LogP contribution in [0.4, 0.5) is 11.4 Å². The fourth-order valence-electron chi connectivity index (χ4n) is 3.51. The summed E-state index contributed by atoms with van der Waals surface area (Å²) >= 11 is 11.7. The number of halogens is 1. The third-order valence-electron chi connectivity index (χ3n) is 4.94. The number of hydrogen-bond donors (Lipinski definition) is 2. The first-order valence-corrected chi connectivity index (χ1v) is 10.4. The molecule has 144 valence electrons. The zero-order chi connectivity index (χ0) is 18.2.